The predicted molar refractivity (Wildman–Crippen MR) is 125 cm³/mol. The lowest BCUT2D eigenvalue weighted by Crippen LogP contribution is -2.51. The number of piperazine rings is 1. The Kier molecular flexibility index (Phi) is 8.05. The van der Waals surface area contributed by atoms with Crippen molar-refractivity contribution in [2.45, 2.75) is 44.1 Å². The third-order valence-electron chi connectivity index (χ3n) is 7.67. The summed E-state index contributed by atoms with van der Waals surface area (Å²) in [5, 5.41) is 9.31. The first-order valence-electron chi connectivity index (χ1n) is 12.4. The summed E-state index contributed by atoms with van der Waals surface area (Å²) in [4.78, 5) is 44.2. The molecule has 9 nitrogen and oxygen atoms in total. The molecule has 3 atom stereocenters. The van der Waals surface area contributed by atoms with Crippen LogP contribution in [0.15, 0.2) is 30.3 Å². The van der Waals surface area contributed by atoms with Gasteiger partial charge in [-0.05, 0) is 50.6 Å². The van der Waals surface area contributed by atoms with E-state index in [1.807, 2.05) is 30.1 Å². The monoisotopic (exact) mass is 472 g/mol. The fourth-order valence-corrected chi connectivity index (χ4v) is 5.51. The molecule has 0 aromatic heterocycles. The van der Waals surface area contributed by atoms with E-state index >= 15 is 0 Å². The minimum absolute atomic E-state index is 0.0380. The van der Waals surface area contributed by atoms with Gasteiger partial charge in [0.05, 0.1) is 11.8 Å². The smallest absolute Gasteiger partial charge is 0.410 e. The van der Waals surface area contributed by atoms with Crippen molar-refractivity contribution in [1.82, 2.24) is 20.2 Å². The molecular formula is C25H36N4O5. The van der Waals surface area contributed by atoms with Gasteiger partial charge in [0.15, 0.2) is 0 Å². The van der Waals surface area contributed by atoms with Crippen LogP contribution < -0.4 is 5.48 Å². The van der Waals surface area contributed by atoms with Crippen LogP contribution in [0.4, 0.5) is 4.79 Å². The van der Waals surface area contributed by atoms with Crippen molar-refractivity contribution in [3.63, 3.8) is 0 Å². The fraction of sp³-hybridized carbons (Fsp3) is 0.640. The number of rotatable bonds is 4. The van der Waals surface area contributed by atoms with Crippen molar-refractivity contribution in [3.8, 4) is 0 Å². The average molecular weight is 473 g/mol. The van der Waals surface area contributed by atoms with E-state index in [-0.39, 0.29) is 18.4 Å². The molecule has 2 N–H and O–H groups in total. The Morgan fingerprint density at radius 3 is 2.21 bits per heavy atom. The molecule has 0 unspecified atom stereocenters. The molecule has 9 heteroatoms. The zero-order valence-electron chi connectivity index (χ0n) is 19.9. The van der Waals surface area contributed by atoms with Gasteiger partial charge >= 0.3 is 6.09 Å². The van der Waals surface area contributed by atoms with Gasteiger partial charge in [0.1, 0.15) is 6.10 Å². The van der Waals surface area contributed by atoms with Gasteiger partial charge in [0, 0.05) is 39.3 Å². The number of carbonyl (C=O) groups is 3. The Morgan fingerprint density at radius 1 is 0.882 bits per heavy atom. The molecule has 3 fully saturated rings. The van der Waals surface area contributed by atoms with E-state index in [9.17, 15) is 19.6 Å². The fourth-order valence-electron chi connectivity index (χ4n) is 5.51. The maximum atomic E-state index is 13.4. The van der Waals surface area contributed by atoms with Crippen LogP contribution in [0.3, 0.4) is 0 Å². The number of amides is 3. The Bertz CT molecular complexity index is 850. The molecule has 0 bridgehead atoms. The number of ether oxygens (including phenoxy) is 1. The van der Waals surface area contributed by atoms with E-state index in [0.717, 1.165) is 25.9 Å². The lowest BCUT2D eigenvalue weighted by atomic mass is 9.76. The van der Waals surface area contributed by atoms with Crippen LogP contribution in [-0.2, 0) is 14.3 Å². The largest absolute Gasteiger partial charge is 0.446 e. The number of benzene rings is 1. The van der Waals surface area contributed by atoms with Crippen LogP contribution >= 0.6 is 0 Å². The number of piperidine rings is 1. The lowest BCUT2D eigenvalue weighted by Gasteiger charge is -2.39. The number of likely N-dealkylation sites (N-methyl/N-ethyl adjacent to an activating group) is 1. The number of nitrogens with zero attached hydrogens (tertiary/aromatic N) is 3. The quantitative estimate of drug-likeness (QED) is 0.514. The molecule has 1 aromatic carbocycles. The third-order valence-corrected chi connectivity index (χ3v) is 7.67. The number of nitrogens with one attached hydrogen (secondary N) is 1. The minimum Gasteiger partial charge on any atom is -0.446 e. The zero-order valence-corrected chi connectivity index (χ0v) is 19.9. The highest BCUT2D eigenvalue weighted by atomic mass is 16.6. The Morgan fingerprint density at radius 2 is 1.56 bits per heavy atom. The standard InChI is InChI=1S/C25H36N4O5/c1-27-13-15-29(16-14-27)25(32)34-20-7-8-21(22(17-20)23(30)26-33)24(31)28-11-9-19(10-12-28)18-5-3-2-4-6-18/h2-6,19-22,33H,7-17H2,1H3,(H,26,30)/t20-,21+,22+/m1/s1. The maximum absolute atomic E-state index is 13.4. The van der Waals surface area contributed by atoms with E-state index in [2.05, 4.69) is 17.0 Å². The van der Waals surface area contributed by atoms with Crippen molar-refractivity contribution in [2.24, 2.45) is 11.8 Å². The predicted octanol–water partition coefficient (Wildman–Crippen LogP) is 2.07. The van der Waals surface area contributed by atoms with Crippen molar-refractivity contribution >= 4 is 17.9 Å². The van der Waals surface area contributed by atoms with E-state index < -0.39 is 23.8 Å². The number of hydrogen-bond donors (Lipinski definition) is 2. The summed E-state index contributed by atoms with van der Waals surface area (Å²) in [6.07, 6.45) is 2.20. The van der Waals surface area contributed by atoms with Crippen molar-refractivity contribution in [2.75, 3.05) is 46.3 Å². The topological polar surface area (TPSA) is 102 Å². The average Bonchev–Trinajstić information content (AvgIpc) is 2.88. The lowest BCUT2D eigenvalue weighted by molar-refractivity contribution is -0.149. The molecule has 186 valence electrons. The van der Waals surface area contributed by atoms with Gasteiger partial charge in [-0.1, -0.05) is 30.3 Å². The zero-order chi connectivity index (χ0) is 24.1. The van der Waals surface area contributed by atoms with E-state index in [4.69, 9.17) is 4.74 Å². The molecule has 2 aliphatic heterocycles. The van der Waals surface area contributed by atoms with Crippen LogP contribution in [0.1, 0.15) is 43.6 Å². The molecule has 0 spiro atoms. The summed E-state index contributed by atoms with van der Waals surface area (Å²) in [7, 11) is 2.02. The molecule has 1 aromatic rings. The number of hydroxylamine groups is 1. The van der Waals surface area contributed by atoms with Crippen LogP contribution in [0.5, 0.6) is 0 Å². The SMILES string of the molecule is CN1CCN(C(=O)O[C@@H]2CC[C@H](C(=O)N3CCC(c4ccccc4)CC3)[C@@H](C(=O)NO)C2)CC1. The van der Waals surface area contributed by atoms with Crippen molar-refractivity contribution in [1.29, 1.82) is 0 Å². The normalized spacial score (nSPS) is 26.7. The first-order chi connectivity index (χ1) is 16.5. The second-order valence-corrected chi connectivity index (χ2v) is 9.81. The second kappa shape index (κ2) is 11.2. The highest BCUT2D eigenvalue weighted by Gasteiger charge is 2.43. The van der Waals surface area contributed by atoms with Crippen molar-refractivity contribution < 1.29 is 24.3 Å². The number of hydrogen-bond acceptors (Lipinski definition) is 6. The Hall–Kier alpha value is -2.65. The summed E-state index contributed by atoms with van der Waals surface area (Å²) < 4.78 is 5.71. The highest BCUT2D eigenvalue weighted by molar-refractivity contribution is 5.87. The first-order valence-corrected chi connectivity index (χ1v) is 12.4. The molecule has 4 rings (SSSR count). The van der Waals surface area contributed by atoms with E-state index in [0.29, 0.717) is 44.9 Å². The second-order valence-electron chi connectivity index (χ2n) is 9.81. The van der Waals surface area contributed by atoms with Crippen LogP contribution in [0.25, 0.3) is 0 Å². The van der Waals surface area contributed by atoms with Crippen LogP contribution in [-0.4, -0.2) is 90.2 Å². The summed E-state index contributed by atoms with van der Waals surface area (Å²) in [6, 6.07) is 10.4. The summed E-state index contributed by atoms with van der Waals surface area (Å²) in [5.74, 6) is -1.42. The molecule has 1 saturated carbocycles. The van der Waals surface area contributed by atoms with Gasteiger partial charge in [-0.2, -0.15) is 0 Å². The minimum atomic E-state index is -0.719. The third kappa shape index (κ3) is 5.70. The van der Waals surface area contributed by atoms with Gasteiger partial charge < -0.3 is 19.4 Å². The molecular weight excluding hydrogens is 436 g/mol. The van der Waals surface area contributed by atoms with Crippen molar-refractivity contribution in [3.05, 3.63) is 35.9 Å². The molecule has 0 radical (unpaired) electrons. The Balaban J connectivity index is 1.33. The summed E-state index contributed by atoms with van der Waals surface area (Å²) >= 11 is 0. The van der Waals surface area contributed by atoms with Crippen LogP contribution in [0.2, 0.25) is 0 Å². The summed E-state index contributed by atoms with van der Waals surface area (Å²) in [5.41, 5.74) is 3.03. The number of carbonyl (C=O) groups excluding carboxylic acids is 3. The van der Waals surface area contributed by atoms with Gasteiger partial charge in [-0.25, -0.2) is 10.3 Å². The molecule has 2 heterocycles. The molecule has 1 aliphatic carbocycles. The summed E-state index contributed by atoms with van der Waals surface area (Å²) in [6.45, 7) is 4.14. The van der Waals surface area contributed by atoms with Gasteiger partial charge in [-0.15, -0.1) is 0 Å². The van der Waals surface area contributed by atoms with Crippen LogP contribution in [0, 0.1) is 11.8 Å². The highest BCUT2D eigenvalue weighted by Crippen LogP contribution is 2.36. The van der Waals surface area contributed by atoms with Gasteiger partial charge in [0.2, 0.25) is 11.8 Å². The van der Waals surface area contributed by atoms with E-state index in [1.165, 1.54) is 5.56 Å². The van der Waals surface area contributed by atoms with Gasteiger partial charge in [-0.3, -0.25) is 14.8 Å². The Labute approximate surface area is 201 Å². The number of likely N-dealkylation sites (tertiary alicyclic amines) is 1. The molecule has 3 aliphatic rings. The van der Waals surface area contributed by atoms with E-state index in [1.54, 1.807) is 10.4 Å². The maximum Gasteiger partial charge on any atom is 0.410 e. The molecule has 2 saturated heterocycles. The molecule has 3 amide bonds. The first kappa shape index (κ1) is 24.5. The van der Waals surface area contributed by atoms with Gasteiger partial charge in [0.25, 0.3) is 0 Å². The molecule has 34 heavy (non-hydrogen) atoms.